The second-order valence-corrected chi connectivity index (χ2v) is 6.89. The van der Waals surface area contributed by atoms with Crippen molar-refractivity contribution in [2.24, 2.45) is 0 Å². The van der Waals surface area contributed by atoms with Crippen LogP contribution in [-0.4, -0.2) is 40.0 Å². The highest BCUT2D eigenvalue weighted by molar-refractivity contribution is 7.99. The zero-order chi connectivity index (χ0) is 19.9. The number of carbonyl (C=O) groups is 1. The second-order valence-electron chi connectivity index (χ2n) is 5.95. The largest absolute Gasteiger partial charge is 0.497 e. The lowest BCUT2D eigenvalue weighted by Gasteiger charge is -2.08. The van der Waals surface area contributed by atoms with Gasteiger partial charge in [0.05, 0.1) is 19.5 Å². The number of hydrogen-bond donors (Lipinski definition) is 0. The summed E-state index contributed by atoms with van der Waals surface area (Å²) >= 11 is 1.40. The van der Waals surface area contributed by atoms with Gasteiger partial charge in [0.15, 0.2) is 16.8 Å². The van der Waals surface area contributed by atoms with E-state index >= 15 is 0 Å². The first-order chi connectivity index (χ1) is 13.7. The number of thioether (sulfide) groups is 1. The fraction of sp³-hybridized carbons (Fsp3) is 0.286. The van der Waals surface area contributed by atoms with E-state index < -0.39 is 0 Å². The molecule has 0 aliphatic heterocycles. The van der Waals surface area contributed by atoms with Crippen LogP contribution in [0.4, 0.5) is 0 Å². The molecule has 0 N–H and O–H groups in total. The Bertz CT molecular complexity index is 921. The molecule has 1 heterocycles. The van der Waals surface area contributed by atoms with Gasteiger partial charge in [-0.15, -0.1) is 10.2 Å². The van der Waals surface area contributed by atoms with Crippen molar-refractivity contribution >= 4 is 17.5 Å². The highest BCUT2D eigenvalue weighted by atomic mass is 32.2. The molecule has 0 aliphatic rings. The quantitative estimate of drug-likeness (QED) is 0.395. The molecule has 0 amide bonds. The van der Waals surface area contributed by atoms with Crippen LogP contribution in [-0.2, 0) is 6.54 Å². The zero-order valence-corrected chi connectivity index (χ0v) is 17.0. The Labute approximate surface area is 168 Å². The van der Waals surface area contributed by atoms with Crippen LogP contribution >= 0.6 is 11.8 Å². The summed E-state index contributed by atoms with van der Waals surface area (Å²) in [7, 11) is 1.64. The standard InChI is InChI=1S/C21H23N3O3S/c1-4-24-20(16-8-10-17(26-3)11-9-16)22-23-21(24)28-14-19(25)15-6-12-18(13-7-15)27-5-2/h6-13H,4-5,14H2,1-3H3. The van der Waals surface area contributed by atoms with Crippen LogP contribution in [0.3, 0.4) is 0 Å². The number of Topliss-reactive ketones (excluding diaryl/α,β-unsaturated/α-hetero) is 1. The van der Waals surface area contributed by atoms with Gasteiger partial charge in [0, 0.05) is 17.7 Å². The van der Waals surface area contributed by atoms with Crippen LogP contribution in [0.1, 0.15) is 24.2 Å². The Kier molecular flexibility index (Phi) is 6.71. The van der Waals surface area contributed by atoms with E-state index in [4.69, 9.17) is 9.47 Å². The van der Waals surface area contributed by atoms with Gasteiger partial charge in [0.25, 0.3) is 0 Å². The molecule has 0 bridgehead atoms. The first kappa shape index (κ1) is 19.9. The molecular formula is C21H23N3O3S. The third-order valence-corrected chi connectivity index (χ3v) is 5.17. The van der Waals surface area contributed by atoms with E-state index in [9.17, 15) is 4.79 Å². The van der Waals surface area contributed by atoms with Gasteiger partial charge in [-0.2, -0.15) is 0 Å². The van der Waals surface area contributed by atoms with E-state index in [-0.39, 0.29) is 5.78 Å². The lowest BCUT2D eigenvalue weighted by Crippen LogP contribution is -2.05. The Balaban J connectivity index is 1.70. The highest BCUT2D eigenvalue weighted by Gasteiger charge is 2.15. The molecule has 0 radical (unpaired) electrons. The van der Waals surface area contributed by atoms with E-state index in [1.807, 2.05) is 54.8 Å². The number of ketones is 1. The fourth-order valence-corrected chi connectivity index (χ4v) is 3.65. The van der Waals surface area contributed by atoms with Crippen molar-refractivity contribution in [3.8, 4) is 22.9 Å². The predicted octanol–water partition coefficient (Wildman–Crippen LogP) is 4.35. The maximum atomic E-state index is 12.5. The van der Waals surface area contributed by atoms with Crippen molar-refractivity contribution in [1.29, 1.82) is 0 Å². The summed E-state index contributed by atoms with van der Waals surface area (Å²) in [5.41, 5.74) is 1.62. The number of nitrogens with zero attached hydrogens (tertiary/aromatic N) is 3. The van der Waals surface area contributed by atoms with Gasteiger partial charge < -0.3 is 14.0 Å². The van der Waals surface area contributed by atoms with E-state index in [1.165, 1.54) is 11.8 Å². The summed E-state index contributed by atoms with van der Waals surface area (Å²) in [5, 5.41) is 9.33. The molecule has 0 atom stereocenters. The number of benzene rings is 2. The van der Waals surface area contributed by atoms with Crippen molar-refractivity contribution in [1.82, 2.24) is 14.8 Å². The summed E-state index contributed by atoms with van der Waals surface area (Å²) in [4.78, 5) is 12.5. The van der Waals surface area contributed by atoms with Crippen molar-refractivity contribution in [2.45, 2.75) is 25.5 Å². The van der Waals surface area contributed by atoms with Crippen LogP contribution in [0.5, 0.6) is 11.5 Å². The van der Waals surface area contributed by atoms with Crippen molar-refractivity contribution < 1.29 is 14.3 Å². The average molecular weight is 398 g/mol. The molecule has 0 saturated carbocycles. The summed E-state index contributed by atoms with van der Waals surface area (Å²) in [6.07, 6.45) is 0. The van der Waals surface area contributed by atoms with Crippen LogP contribution in [0.15, 0.2) is 53.7 Å². The predicted molar refractivity (Wildman–Crippen MR) is 110 cm³/mol. The van der Waals surface area contributed by atoms with Gasteiger partial charge in [0.1, 0.15) is 11.5 Å². The van der Waals surface area contributed by atoms with Gasteiger partial charge in [-0.25, -0.2) is 0 Å². The Morgan fingerprint density at radius 3 is 2.29 bits per heavy atom. The number of methoxy groups -OCH3 is 1. The molecule has 7 heteroatoms. The van der Waals surface area contributed by atoms with Crippen LogP contribution in [0.2, 0.25) is 0 Å². The third-order valence-electron chi connectivity index (χ3n) is 4.20. The number of aromatic nitrogens is 3. The molecule has 3 aromatic rings. The first-order valence-corrected chi connectivity index (χ1v) is 10.1. The van der Waals surface area contributed by atoms with Gasteiger partial charge in [0.2, 0.25) is 0 Å². The minimum atomic E-state index is 0.0460. The third kappa shape index (κ3) is 4.54. The van der Waals surface area contributed by atoms with Crippen molar-refractivity contribution in [2.75, 3.05) is 19.5 Å². The molecule has 1 aromatic heterocycles. The lowest BCUT2D eigenvalue weighted by atomic mass is 10.1. The second kappa shape index (κ2) is 9.41. The van der Waals surface area contributed by atoms with E-state index in [0.717, 1.165) is 28.0 Å². The smallest absolute Gasteiger partial charge is 0.191 e. The number of carbonyl (C=O) groups excluding carboxylic acids is 1. The molecule has 0 aliphatic carbocycles. The molecule has 0 spiro atoms. The number of ether oxygens (including phenoxy) is 2. The molecule has 28 heavy (non-hydrogen) atoms. The monoisotopic (exact) mass is 397 g/mol. The van der Waals surface area contributed by atoms with Crippen LogP contribution < -0.4 is 9.47 Å². The summed E-state index contributed by atoms with van der Waals surface area (Å²) < 4.78 is 12.6. The molecule has 3 rings (SSSR count). The topological polar surface area (TPSA) is 66.2 Å². The van der Waals surface area contributed by atoms with Crippen LogP contribution in [0.25, 0.3) is 11.4 Å². The normalized spacial score (nSPS) is 10.7. The number of hydrogen-bond acceptors (Lipinski definition) is 6. The highest BCUT2D eigenvalue weighted by Crippen LogP contribution is 2.26. The maximum absolute atomic E-state index is 12.5. The summed E-state index contributed by atoms with van der Waals surface area (Å²) in [6, 6.07) is 14.9. The fourth-order valence-electron chi connectivity index (χ4n) is 2.75. The number of rotatable bonds is 9. The molecule has 146 valence electrons. The van der Waals surface area contributed by atoms with Gasteiger partial charge in [-0.3, -0.25) is 4.79 Å². The Morgan fingerprint density at radius 2 is 1.68 bits per heavy atom. The SMILES string of the molecule is CCOc1ccc(C(=O)CSc2nnc(-c3ccc(OC)cc3)n2CC)cc1. The molecule has 0 saturated heterocycles. The summed E-state index contributed by atoms with van der Waals surface area (Å²) in [6.45, 7) is 5.29. The molecule has 0 unspecified atom stereocenters. The summed E-state index contributed by atoms with van der Waals surface area (Å²) in [5.74, 6) is 2.68. The molecule has 0 fully saturated rings. The molecule has 2 aromatic carbocycles. The van der Waals surface area contributed by atoms with Gasteiger partial charge in [-0.1, -0.05) is 11.8 Å². The minimum absolute atomic E-state index is 0.0460. The van der Waals surface area contributed by atoms with E-state index in [0.29, 0.717) is 24.5 Å². The van der Waals surface area contributed by atoms with Crippen molar-refractivity contribution in [3.63, 3.8) is 0 Å². The Hall–Kier alpha value is -2.80. The maximum Gasteiger partial charge on any atom is 0.191 e. The minimum Gasteiger partial charge on any atom is -0.497 e. The zero-order valence-electron chi connectivity index (χ0n) is 16.2. The van der Waals surface area contributed by atoms with Crippen LogP contribution in [0, 0.1) is 0 Å². The molecule has 6 nitrogen and oxygen atoms in total. The Morgan fingerprint density at radius 1 is 1.00 bits per heavy atom. The van der Waals surface area contributed by atoms with E-state index in [2.05, 4.69) is 10.2 Å². The van der Waals surface area contributed by atoms with Gasteiger partial charge >= 0.3 is 0 Å². The first-order valence-electron chi connectivity index (χ1n) is 9.12. The van der Waals surface area contributed by atoms with Gasteiger partial charge in [-0.05, 0) is 62.4 Å². The van der Waals surface area contributed by atoms with Crippen molar-refractivity contribution in [3.05, 3.63) is 54.1 Å². The lowest BCUT2D eigenvalue weighted by molar-refractivity contribution is 0.102. The van der Waals surface area contributed by atoms with E-state index in [1.54, 1.807) is 19.2 Å². The average Bonchev–Trinajstić information content (AvgIpc) is 3.15. The molecular weight excluding hydrogens is 374 g/mol.